The monoisotopic (exact) mass is 509 g/mol. The highest BCUT2D eigenvalue weighted by atomic mass is 32.2. The third kappa shape index (κ3) is 6.30. The average molecular weight is 510 g/mol. The zero-order chi connectivity index (χ0) is 25.5. The Labute approximate surface area is 216 Å². The number of nitrogens with zero attached hydrogens (tertiary/aromatic N) is 2. The molecule has 2 aromatic carbocycles. The van der Waals surface area contributed by atoms with Crippen LogP contribution in [0.25, 0.3) is 10.9 Å². The largest absolute Gasteiger partial charge is 0.497 e. The average Bonchev–Trinajstić information content (AvgIpc) is 2.91. The second kappa shape index (κ2) is 12.4. The SMILES string of the molecule is COC(=O)c1ccccc1SCCNC1CCN(CCn2c(=O)cc(C)c3ccc(OC)cc32)CC1. The number of thioether (sulfide) groups is 1. The molecule has 8 heteroatoms. The number of esters is 1. The predicted molar refractivity (Wildman–Crippen MR) is 145 cm³/mol. The van der Waals surface area contributed by atoms with Gasteiger partial charge in [-0.25, -0.2) is 4.79 Å². The van der Waals surface area contributed by atoms with Gasteiger partial charge >= 0.3 is 5.97 Å². The van der Waals surface area contributed by atoms with Crippen molar-refractivity contribution in [1.82, 2.24) is 14.8 Å². The van der Waals surface area contributed by atoms with Gasteiger partial charge in [-0.3, -0.25) is 4.79 Å². The molecule has 0 aliphatic carbocycles. The van der Waals surface area contributed by atoms with Crippen molar-refractivity contribution in [1.29, 1.82) is 0 Å². The van der Waals surface area contributed by atoms with Crippen LogP contribution in [0.3, 0.4) is 0 Å². The third-order valence-corrected chi connectivity index (χ3v) is 7.91. The summed E-state index contributed by atoms with van der Waals surface area (Å²) in [5, 5.41) is 4.76. The predicted octanol–water partition coefficient (Wildman–Crippen LogP) is 3.95. The minimum Gasteiger partial charge on any atom is -0.497 e. The molecule has 1 fully saturated rings. The first kappa shape index (κ1) is 26.3. The van der Waals surface area contributed by atoms with Gasteiger partial charge in [0.25, 0.3) is 5.56 Å². The fourth-order valence-electron chi connectivity index (χ4n) is 4.78. The van der Waals surface area contributed by atoms with Crippen molar-refractivity contribution in [3.63, 3.8) is 0 Å². The van der Waals surface area contributed by atoms with Crippen LogP contribution in [0.5, 0.6) is 5.75 Å². The molecule has 1 aliphatic heterocycles. The lowest BCUT2D eigenvalue weighted by atomic mass is 10.1. The quantitative estimate of drug-likeness (QED) is 0.252. The summed E-state index contributed by atoms with van der Waals surface area (Å²) in [6.45, 7) is 6.40. The molecule has 3 aromatic rings. The number of aromatic nitrogens is 1. The zero-order valence-electron chi connectivity index (χ0n) is 21.3. The van der Waals surface area contributed by atoms with Crippen LogP contribution >= 0.6 is 11.8 Å². The van der Waals surface area contributed by atoms with Gasteiger partial charge in [0.2, 0.25) is 0 Å². The van der Waals surface area contributed by atoms with Crippen molar-refractivity contribution < 1.29 is 14.3 Å². The first-order chi connectivity index (χ1) is 17.5. The number of carbonyl (C=O) groups is 1. The molecule has 192 valence electrons. The summed E-state index contributed by atoms with van der Waals surface area (Å²) in [6.07, 6.45) is 2.17. The molecular formula is C28H35N3O4S. The summed E-state index contributed by atoms with van der Waals surface area (Å²) >= 11 is 1.68. The molecule has 4 rings (SSSR count). The number of ether oxygens (including phenoxy) is 2. The van der Waals surface area contributed by atoms with E-state index in [0.29, 0.717) is 18.2 Å². The number of piperidine rings is 1. The topological polar surface area (TPSA) is 72.8 Å². The summed E-state index contributed by atoms with van der Waals surface area (Å²) in [5.41, 5.74) is 2.59. The van der Waals surface area contributed by atoms with E-state index < -0.39 is 0 Å². The fourth-order valence-corrected chi connectivity index (χ4v) is 5.70. The van der Waals surface area contributed by atoms with Crippen LogP contribution in [0.15, 0.2) is 58.2 Å². The minimum absolute atomic E-state index is 0.0380. The molecule has 1 saturated heterocycles. The second-order valence-electron chi connectivity index (χ2n) is 9.11. The molecule has 2 heterocycles. The normalized spacial score (nSPS) is 14.8. The third-order valence-electron chi connectivity index (χ3n) is 6.84. The fraction of sp³-hybridized carbons (Fsp3) is 0.429. The van der Waals surface area contributed by atoms with Crippen LogP contribution in [0.4, 0.5) is 0 Å². The molecule has 0 spiro atoms. The summed E-state index contributed by atoms with van der Waals surface area (Å²) < 4.78 is 12.2. The maximum absolute atomic E-state index is 12.8. The van der Waals surface area contributed by atoms with E-state index in [0.717, 1.165) is 71.9 Å². The number of hydrogen-bond acceptors (Lipinski definition) is 7. The van der Waals surface area contributed by atoms with Crippen molar-refractivity contribution >= 4 is 28.6 Å². The number of fused-ring (bicyclic) bond motifs is 1. The highest BCUT2D eigenvalue weighted by Gasteiger charge is 2.19. The molecule has 1 N–H and O–H groups in total. The molecule has 0 radical (unpaired) electrons. The van der Waals surface area contributed by atoms with E-state index in [4.69, 9.17) is 9.47 Å². The van der Waals surface area contributed by atoms with Gasteiger partial charge in [-0.15, -0.1) is 11.8 Å². The number of nitrogens with one attached hydrogen (secondary N) is 1. The lowest BCUT2D eigenvalue weighted by Crippen LogP contribution is -2.44. The Hall–Kier alpha value is -2.81. The van der Waals surface area contributed by atoms with E-state index in [-0.39, 0.29) is 11.5 Å². The molecule has 0 atom stereocenters. The van der Waals surface area contributed by atoms with Crippen molar-refractivity contribution in [3.05, 3.63) is 70.0 Å². The van der Waals surface area contributed by atoms with Crippen LogP contribution in [-0.2, 0) is 11.3 Å². The first-order valence-electron chi connectivity index (χ1n) is 12.4. The Morgan fingerprint density at radius 3 is 2.61 bits per heavy atom. The Morgan fingerprint density at radius 1 is 1.08 bits per heavy atom. The number of rotatable bonds is 10. The summed E-state index contributed by atoms with van der Waals surface area (Å²) in [5.74, 6) is 1.36. The number of methoxy groups -OCH3 is 2. The lowest BCUT2D eigenvalue weighted by Gasteiger charge is -2.32. The summed E-state index contributed by atoms with van der Waals surface area (Å²) in [7, 11) is 3.06. The van der Waals surface area contributed by atoms with Gasteiger partial charge in [0.15, 0.2) is 0 Å². The van der Waals surface area contributed by atoms with Gasteiger partial charge in [0.1, 0.15) is 5.75 Å². The van der Waals surface area contributed by atoms with Crippen LogP contribution in [0, 0.1) is 6.92 Å². The van der Waals surface area contributed by atoms with Crippen molar-refractivity contribution in [3.8, 4) is 5.75 Å². The highest BCUT2D eigenvalue weighted by molar-refractivity contribution is 7.99. The summed E-state index contributed by atoms with van der Waals surface area (Å²) in [4.78, 5) is 28.1. The zero-order valence-corrected chi connectivity index (χ0v) is 22.1. The lowest BCUT2D eigenvalue weighted by molar-refractivity contribution is 0.0597. The van der Waals surface area contributed by atoms with E-state index in [1.54, 1.807) is 31.0 Å². The Kier molecular flexibility index (Phi) is 9.07. The van der Waals surface area contributed by atoms with Crippen LogP contribution in [-0.4, -0.2) is 67.6 Å². The number of aryl methyl sites for hydroxylation is 1. The van der Waals surface area contributed by atoms with Crippen LogP contribution in [0.1, 0.15) is 28.8 Å². The molecule has 0 saturated carbocycles. The van der Waals surface area contributed by atoms with E-state index in [1.165, 1.54) is 7.11 Å². The molecule has 1 aliphatic rings. The smallest absolute Gasteiger partial charge is 0.338 e. The first-order valence-corrected chi connectivity index (χ1v) is 13.4. The Balaban J connectivity index is 1.24. The maximum Gasteiger partial charge on any atom is 0.338 e. The van der Waals surface area contributed by atoms with Gasteiger partial charge in [0, 0.05) is 53.8 Å². The molecule has 36 heavy (non-hydrogen) atoms. The second-order valence-corrected chi connectivity index (χ2v) is 10.2. The van der Waals surface area contributed by atoms with E-state index >= 15 is 0 Å². The molecule has 0 unspecified atom stereocenters. The van der Waals surface area contributed by atoms with Gasteiger partial charge < -0.3 is 24.3 Å². The Morgan fingerprint density at radius 2 is 1.86 bits per heavy atom. The van der Waals surface area contributed by atoms with Crippen LogP contribution in [0.2, 0.25) is 0 Å². The van der Waals surface area contributed by atoms with E-state index in [1.807, 2.05) is 47.9 Å². The molecule has 7 nitrogen and oxygen atoms in total. The number of hydrogen-bond donors (Lipinski definition) is 1. The standard InChI is InChI=1S/C28H35N3O4S/c1-20-18-27(32)31(25-19-22(34-2)8-9-23(20)25)16-15-30-13-10-21(11-14-30)29-12-17-36-26-7-5-4-6-24(26)28(33)35-3/h4-9,18-19,21,29H,10-17H2,1-3H3. The van der Waals surface area contributed by atoms with Gasteiger partial charge in [-0.1, -0.05) is 12.1 Å². The number of benzene rings is 2. The van der Waals surface area contributed by atoms with Crippen molar-refractivity contribution in [2.45, 2.75) is 37.2 Å². The molecule has 0 bridgehead atoms. The van der Waals surface area contributed by atoms with Gasteiger partial charge in [0.05, 0.1) is 25.3 Å². The highest BCUT2D eigenvalue weighted by Crippen LogP contribution is 2.24. The summed E-state index contributed by atoms with van der Waals surface area (Å²) in [6, 6.07) is 15.7. The van der Waals surface area contributed by atoms with Gasteiger partial charge in [-0.05, 0) is 62.7 Å². The molecule has 1 aromatic heterocycles. The molecule has 0 amide bonds. The number of carbonyl (C=O) groups excluding carboxylic acids is 1. The van der Waals surface area contributed by atoms with E-state index in [9.17, 15) is 9.59 Å². The minimum atomic E-state index is -0.293. The Bertz CT molecular complexity index is 1250. The van der Waals surface area contributed by atoms with Crippen LogP contribution < -0.4 is 15.6 Å². The maximum atomic E-state index is 12.8. The van der Waals surface area contributed by atoms with Crippen molar-refractivity contribution in [2.75, 3.05) is 46.2 Å². The van der Waals surface area contributed by atoms with Gasteiger partial charge in [-0.2, -0.15) is 0 Å². The van der Waals surface area contributed by atoms with Crippen molar-refractivity contribution in [2.24, 2.45) is 0 Å². The number of likely N-dealkylation sites (tertiary alicyclic amines) is 1. The number of pyridine rings is 1. The molecular weight excluding hydrogens is 474 g/mol. The van der Waals surface area contributed by atoms with E-state index in [2.05, 4.69) is 10.2 Å².